The van der Waals surface area contributed by atoms with Crippen molar-refractivity contribution in [3.8, 4) is 0 Å². The predicted molar refractivity (Wildman–Crippen MR) is 96.0 cm³/mol. The zero-order valence-corrected chi connectivity index (χ0v) is 15.9. The number of carbonyl (C=O) groups is 4. The van der Waals surface area contributed by atoms with Gasteiger partial charge in [0, 0.05) is 0 Å². The van der Waals surface area contributed by atoms with Crippen LogP contribution in [-0.4, -0.2) is 41.8 Å². The van der Waals surface area contributed by atoms with Crippen LogP contribution in [0.1, 0.15) is 44.5 Å². The van der Waals surface area contributed by atoms with Crippen molar-refractivity contribution in [3.63, 3.8) is 0 Å². The number of rotatable bonds is 8. The Morgan fingerprint density at radius 1 is 1.15 bits per heavy atom. The van der Waals surface area contributed by atoms with E-state index in [1.807, 2.05) is 6.92 Å². The zero-order chi connectivity index (χ0) is 20.6. The first kappa shape index (κ1) is 22.1. The van der Waals surface area contributed by atoms with Crippen molar-refractivity contribution in [2.75, 3.05) is 6.61 Å². The van der Waals surface area contributed by atoms with Gasteiger partial charge in [-0.1, -0.05) is 38.5 Å². The molecule has 0 bridgehead atoms. The molecule has 0 aliphatic rings. The molecule has 0 aromatic heterocycles. The molecule has 27 heavy (non-hydrogen) atoms. The summed E-state index contributed by atoms with van der Waals surface area (Å²) in [7, 11) is 0. The van der Waals surface area contributed by atoms with Gasteiger partial charge in [0.25, 0.3) is 0 Å². The minimum Gasteiger partial charge on any atom is -0.481 e. The SMILES string of the molecule is CC[C@H](C)[C@H](NC(=O)OC(=O)c1ccccc1)C(=O)OCC(C)(C)C(=O)O. The summed E-state index contributed by atoms with van der Waals surface area (Å²) in [5.74, 6) is -3.07. The maximum atomic E-state index is 12.3. The zero-order valence-electron chi connectivity index (χ0n) is 15.9. The summed E-state index contributed by atoms with van der Waals surface area (Å²) in [5.41, 5.74) is -1.07. The van der Waals surface area contributed by atoms with Gasteiger partial charge in [0.1, 0.15) is 12.6 Å². The van der Waals surface area contributed by atoms with Gasteiger partial charge in [-0.3, -0.25) is 4.79 Å². The number of carboxylic acids is 1. The molecule has 0 aliphatic carbocycles. The average Bonchev–Trinajstić information content (AvgIpc) is 2.64. The highest BCUT2D eigenvalue weighted by molar-refractivity contribution is 5.97. The fourth-order valence-electron chi connectivity index (χ4n) is 1.95. The minimum absolute atomic E-state index is 0.193. The summed E-state index contributed by atoms with van der Waals surface area (Å²) in [6, 6.07) is 6.87. The van der Waals surface area contributed by atoms with Gasteiger partial charge in [0.2, 0.25) is 0 Å². The van der Waals surface area contributed by atoms with Gasteiger partial charge in [-0.15, -0.1) is 0 Å². The third-order valence-corrected chi connectivity index (χ3v) is 4.09. The Bertz CT molecular complexity index is 685. The van der Waals surface area contributed by atoms with E-state index in [1.165, 1.54) is 26.0 Å². The second-order valence-electron chi connectivity index (χ2n) is 6.85. The third-order valence-electron chi connectivity index (χ3n) is 4.09. The largest absolute Gasteiger partial charge is 0.481 e. The lowest BCUT2D eigenvalue weighted by Crippen LogP contribution is -2.47. The highest BCUT2D eigenvalue weighted by Gasteiger charge is 2.33. The van der Waals surface area contributed by atoms with Crippen LogP contribution in [-0.2, 0) is 19.1 Å². The van der Waals surface area contributed by atoms with E-state index >= 15 is 0 Å². The van der Waals surface area contributed by atoms with E-state index in [9.17, 15) is 19.2 Å². The summed E-state index contributed by atoms with van der Waals surface area (Å²) in [4.78, 5) is 47.4. The van der Waals surface area contributed by atoms with E-state index in [0.29, 0.717) is 6.42 Å². The van der Waals surface area contributed by atoms with Crippen LogP contribution >= 0.6 is 0 Å². The van der Waals surface area contributed by atoms with Crippen molar-refractivity contribution < 1.29 is 33.8 Å². The number of hydrogen-bond acceptors (Lipinski definition) is 6. The highest BCUT2D eigenvalue weighted by Crippen LogP contribution is 2.17. The molecule has 0 saturated heterocycles. The number of esters is 2. The van der Waals surface area contributed by atoms with Gasteiger partial charge >= 0.3 is 24.0 Å². The molecule has 1 amide bonds. The summed E-state index contributed by atoms with van der Waals surface area (Å²) in [6.07, 6.45) is -0.543. The Morgan fingerprint density at radius 3 is 2.26 bits per heavy atom. The first-order chi connectivity index (χ1) is 12.6. The Morgan fingerprint density at radius 2 is 1.74 bits per heavy atom. The molecule has 0 aliphatic heterocycles. The van der Waals surface area contributed by atoms with Gasteiger partial charge in [-0.05, 0) is 31.9 Å². The fourth-order valence-corrected chi connectivity index (χ4v) is 1.95. The Balaban J connectivity index is 2.73. The van der Waals surface area contributed by atoms with E-state index in [1.54, 1.807) is 25.1 Å². The van der Waals surface area contributed by atoms with Crippen molar-refractivity contribution >= 4 is 24.0 Å². The molecule has 0 radical (unpaired) electrons. The maximum absolute atomic E-state index is 12.3. The number of ether oxygens (including phenoxy) is 2. The van der Waals surface area contributed by atoms with Crippen molar-refractivity contribution in [3.05, 3.63) is 35.9 Å². The van der Waals surface area contributed by atoms with E-state index in [4.69, 9.17) is 14.6 Å². The molecule has 1 aromatic carbocycles. The van der Waals surface area contributed by atoms with Crippen molar-refractivity contribution in [2.45, 2.75) is 40.2 Å². The van der Waals surface area contributed by atoms with Crippen LogP contribution in [0.5, 0.6) is 0 Å². The molecule has 0 fully saturated rings. The molecule has 0 unspecified atom stereocenters. The minimum atomic E-state index is -1.26. The van der Waals surface area contributed by atoms with Crippen molar-refractivity contribution in [2.24, 2.45) is 11.3 Å². The molecule has 2 N–H and O–H groups in total. The number of benzene rings is 1. The quantitative estimate of drug-likeness (QED) is 0.526. The lowest BCUT2D eigenvalue weighted by Gasteiger charge is -2.24. The molecule has 2 atom stereocenters. The van der Waals surface area contributed by atoms with E-state index in [0.717, 1.165) is 0 Å². The smallest absolute Gasteiger partial charge is 0.415 e. The second-order valence-corrected chi connectivity index (χ2v) is 6.85. The molecule has 0 saturated carbocycles. The average molecular weight is 379 g/mol. The second kappa shape index (κ2) is 9.70. The number of aliphatic carboxylic acids is 1. The topological polar surface area (TPSA) is 119 Å². The van der Waals surface area contributed by atoms with Gasteiger partial charge < -0.3 is 19.9 Å². The Kier molecular flexibility index (Phi) is 7.96. The fraction of sp³-hybridized carbons (Fsp3) is 0.474. The van der Waals surface area contributed by atoms with Crippen molar-refractivity contribution in [1.82, 2.24) is 5.32 Å². The molecule has 1 aromatic rings. The molecule has 1 rings (SSSR count). The van der Waals surface area contributed by atoms with Crippen molar-refractivity contribution in [1.29, 1.82) is 0 Å². The van der Waals surface area contributed by atoms with Crippen LogP contribution in [0.3, 0.4) is 0 Å². The first-order valence-electron chi connectivity index (χ1n) is 8.56. The lowest BCUT2D eigenvalue weighted by molar-refractivity contribution is -0.158. The Labute approximate surface area is 157 Å². The molecule has 8 nitrogen and oxygen atoms in total. The van der Waals surface area contributed by atoms with Gasteiger partial charge in [0.05, 0.1) is 11.0 Å². The van der Waals surface area contributed by atoms with Gasteiger partial charge in [-0.2, -0.15) is 0 Å². The Hall–Kier alpha value is -2.90. The molecular weight excluding hydrogens is 354 g/mol. The van der Waals surface area contributed by atoms with Crippen LogP contribution in [0.4, 0.5) is 4.79 Å². The number of amides is 1. The monoisotopic (exact) mass is 379 g/mol. The molecular formula is C19H25NO7. The molecule has 0 heterocycles. The highest BCUT2D eigenvalue weighted by atomic mass is 16.6. The molecule has 0 spiro atoms. The number of hydrogen-bond donors (Lipinski definition) is 2. The summed E-state index contributed by atoms with van der Waals surface area (Å²) in [6.45, 7) is 6.01. The van der Waals surface area contributed by atoms with E-state index in [-0.39, 0.29) is 18.1 Å². The van der Waals surface area contributed by atoms with Crippen LogP contribution < -0.4 is 5.32 Å². The van der Waals surface area contributed by atoms with Gasteiger partial charge in [-0.25, -0.2) is 14.4 Å². The molecule has 148 valence electrons. The van der Waals surface area contributed by atoms with Crippen LogP contribution in [0, 0.1) is 11.3 Å². The number of nitrogens with one attached hydrogen (secondary N) is 1. The standard InChI is InChI=1S/C19H25NO7/c1-5-12(2)14(16(22)26-11-19(3,4)17(23)24)20-18(25)27-15(21)13-9-7-6-8-10-13/h6-10,12,14H,5,11H2,1-4H3,(H,20,25)(H,23,24)/t12-,14-/m0/s1. The van der Waals surface area contributed by atoms with Crippen LogP contribution in [0.25, 0.3) is 0 Å². The summed E-state index contributed by atoms with van der Waals surface area (Å²) < 4.78 is 9.77. The van der Waals surface area contributed by atoms with E-state index in [2.05, 4.69) is 5.32 Å². The number of carboxylic acid groups (broad SMARTS) is 1. The predicted octanol–water partition coefficient (Wildman–Crippen LogP) is 2.62. The third kappa shape index (κ3) is 6.73. The first-order valence-corrected chi connectivity index (χ1v) is 8.56. The van der Waals surface area contributed by atoms with Crippen LogP contribution in [0.15, 0.2) is 30.3 Å². The maximum Gasteiger partial charge on any atom is 0.415 e. The number of carbonyl (C=O) groups excluding carboxylic acids is 3. The number of alkyl carbamates (subject to hydrolysis) is 1. The lowest BCUT2D eigenvalue weighted by atomic mass is 9.95. The van der Waals surface area contributed by atoms with Gasteiger partial charge in [0.15, 0.2) is 0 Å². The summed E-state index contributed by atoms with van der Waals surface area (Å²) in [5, 5.41) is 11.4. The van der Waals surface area contributed by atoms with E-state index < -0.39 is 35.5 Å². The molecule has 8 heteroatoms. The van der Waals surface area contributed by atoms with Crippen LogP contribution in [0.2, 0.25) is 0 Å². The normalized spacial score (nSPS) is 13.2. The summed E-state index contributed by atoms with van der Waals surface area (Å²) >= 11 is 0.